The zero-order chi connectivity index (χ0) is 20.6. The van der Waals surface area contributed by atoms with E-state index in [0.717, 1.165) is 48.3 Å². The van der Waals surface area contributed by atoms with Gasteiger partial charge in [0, 0.05) is 17.6 Å². The minimum atomic E-state index is -0.875. The first-order valence-corrected chi connectivity index (χ1v) is 10.8. The van der Waals surface area contributed by atoms with Gasteiger partial charge in [0.1, 0.15) is 16.2 Å². The average Bonchev–Trinajstić information content (AvgIpc) is 2.69. The van der Waals surface area contributed by atoms with Gasteiger partial charge in [-0.1, -0.05) is 62.0 Å². The minimum absolute atomic E-state index is 0.204. The first-order chi connectivity index (χ1) is 14.0. The van der Waals surface area contributed by atoms with Gasteiger partial charge in [-0.25, -0.2) is 4.98 Å². The molecule has 0 bridgehead atoms. The van der Waals surface area contributed by atoms with E-state index in [1.165, 1.54) is 6.07 Å². The molecule has 1 aromatic carbocycles. The maximum Gasteiger partial charge on any atom is 0.317 e. The van der Waals surface area contributed by atoms with E-state index in [1.807, 2.05) is 24.3 Å². The van der Waals surface area contributed by atoms with Crippen molar-refractivity contribution in [1.82, 2.24) is 15.0 Å². The van der Waals surface area contributed by atoms with Crippen molar-refractivity contribution in [2.45, 2.75) is 49.4 Å². The molecule has 2 aromatic heterocycles. The number of carbonyl (C=O) groups is 1. The number of aromatic nitrogens is 3. The quantitative estimate of drug-likeness (QED) is 0.183. The lowest BCUT2D eigenvalue weighted by Crippen LogP contribution is -2.16. The summed E-state index contributed by atoms with van der Waals surface area (Å²) in [5, 5.41) is 10.3. The van der Waals surface area contributed by atoms with Crippen LogP contribution < -0.4 is 4.74 Å². The molecule has 0 spiro atoms. The highest BCUT2D eigenvalue weighted by molar-refractivity contribution is 8.00. The number of halogens is 1. The Balaban J connectivity index is 1.73. The van der Waals surface area contributed by atoms with Crippen molar-refractivity contribution in [1.29, 1.82) is 0 Å². The zero-order valence-electron chi connectivity index (χ0n) is 16.0. The average molecular weight is 432 g/mol. The van der Waals surface area contributed by atoms with Crippen molar-refractivity contribution >= 4 is 40.2 Å². The van der Waals surface area contributed by atoms with E-state index in [2.05, 4.69) is 21.9 Å². The highest BCUT2D eigenvalue weighted by atomic mass is 35.5. The Morgan fingerprint density at radius 3 is 2.86 bits per heavy atom. The van der Waals surface area contributed by atoms with Gasteiger partial charge in [-0.15, -0.1) is 0 Å². The summed E-state index contributed by atoms with van der Waals surface area (Å²) in [6, 6.07) is 10.8. The Bertz CT molecular complexity index is 986. The summed E-state index contributed by atoms with van der Waals surface area (Å²) >= 11 is 7.22. The van der Waals surface area contributed by atoms with E-state index in [0.29, 0.717) is 12.2 Å². The fourth-order valence-electron chi connectivity index (χ4n) is 2.84. The summed E-state index contributed by atoms with van der Waals surface area (Å²) in [5.41, 5.74) is 0.865. The zero-order valence-corrected chi connectivity index (χ0v) is 17.6. The molecule has 0 saturated heterocycles. The standard InChI is InChI=1S/C21H22ClN3O3S/c1-2-3-4-5-8-17(20(26)27)29-21-24-18(22)13-19(25-21)28-15-9-10-16-14(12-15)7-6-11-23-16/h6-7,9-13,17H,2-5,8H2,1H3,(H,26,27). The predicted octanol–water partition coefficient (Wildman–Crippen LogP) is 5.99. The molecule has 29 heavy (non-hydrogen) atoms. The number of thioether (sulfide) groups is 1. The van der Waals surface area contributed by atoms with Gasteiger partial charge in [0.2, 0.25) is 5.88 Å². The Morgan fingerprint density at radius 2 is 2.07 bits per heavy atom. The van der Waals surface area contributed by atoms with Crippen LogP contribution in [0.15, 0.2) is 47.8 Å². The third-order valence-electron chi connectivity index (χ3n) is 4.29. The van der Waals surface area contributed by atoms with Crippen LogP contribution in [-0.4, -0.2) is 31.3 Å². The number of carboxylic acids is 1. The first kappa shape index (κ1) is 21.3. The largest absolute Gasteiger partial charge is 0.480 e. The lowest BCUT2D eigenvalue weighted by molar-refractivity contribution is -0.136. The SMILES string of the molecule is CCCCCCC(Sc1nc(Cl)cc(Oc2ccc3ncccc3c2)n1)C(=O)O. The molecule has 3 rings (SSSR count). The number of hydrogen-bond donors (Lipinski definition) is 1. The van der Waals surface area contributed by atoms with Crippen molar-refractivity contribution in [3.05, 3.63) is 47.7 Å². The van der Waals surface area contributed by atoms with E-state index in [-0.39, 0.29) is 16.2 Å². The fraction of sp³-hybridized carbons (Fsp3) is 0.333. The summed E-state index contributed by atoms with van der Waals surface area (Å²) in [6.07, 6.45) is 6.37. The van der Waals surface area contributed by atoms with Crippen LogP contribution in [0.4, 0.5) is 0 Å². The Hall–Kier alpha value is -2.38. The molecule has 152 valence electrons. The van der Waals surface area contributed by atoms with E-state index >= 15 is 0 Å². The highest BCUT2D eigenvalue weighted by Crippen LogP contribution is 2.30. The minimum Gasteiger partial charge on any atom is -0.480 e. The van der Waals surface area contributed by atoms with Gasteiger partial charge in [0.15, 0.2) is 5.16 Å². The van der Waals surface area contributed by atoms with Gasteiger partial charge < -0.3 is 9.84 Å². The molecule has 0 aliphatic heterocycles. The molecule has 0 fully saturated rings. The molecule has 6 nitrogen and oxygen atoms in total. The van der Waals surface area contributed by atoms with Crippen molar-refractivity contribution in [3.8, 4) is 11.6 Å². The molecule has 2 heterocycles. The van der Waals surface area contributed by atoms with Crippen LogP contribution in [0.5, 0.6) is 11.6 Å². The fourth-order valence-corrected chi connectivity index (χ4v) is 3.99. The molecule has 1 atom stereocenters. The number of rotatable bonds is 10. The normalized spacial score (nSPS) is 12.1. The summed E-state index contributed by atoms with van der Waals surface area (Å²) in [4.78, 5) is 24.4. The number of carboxylic acid groups (broad SMARTS) is 1. The summed E-state index contributed by atoms with van der Waals surface area (Å²) in [6.45, 7) is 2.12. The maximum absolute atomic E-state index is 11.6. The Labute approximate surface area is 178 Å². The van der Waals surface area contributed by atoms with Gasteiger partial charge in [0.05, 0.1) is 5.52 Å². The predicted molar refractivity (Wildman–Crippen MR) is 115 cm³/mol. The van der Waals surface area contributed by atoms with Crippen LogP contribution >= 0.6 is 23.4 Å². The summed E-state index contributed by atoms with van der Waals surface area (Å²) in [5.74, 6) is -0.0176. The van der Waals surface area contributed by atoms with E-state index in [4.69, 9.17) is 16.3 Å². The lowest BCUT2D eigenvalue weighted by atomic mass is 10.1. The smallest absolute Gasteiger partial charge is 0.317 e. The van der Waals surface area contributed by atoms with Crippen LogP contribution in [-0.2, 0) is 4.79 Å². The second kappa shape index (κ2) is 10.4. The number of aliphatic carboxylic acids is 1. The number of nitrogens with zero attached hydrogens (tertiary/aromatic N) is 3. The molecule has 0 amide bonds. The second-order valence-corrected chi connectivity index (χ2v) is 8.12. The van der Waals surface area contributed by atoms with Crippen molar-refractivity contribution in [2.24, 2.45) is 0 Å². The molecule has 0 aliphatic carbocycles. The van der Waals surface area contributed by atoms with Crippen LogP contribution in [0, 0.1) is 0 Å². The molecule has 1 unspecified atom stereocenters. The van der Waals surface area contributed by atoms with Gasteiger partial charge in [-0.05, 0) is 30.7 Å². The van der Waals surface area contributed by atoms with Gasteiger partial charge in [-0.3, -0.25) is 9.78 Å². The van der Waals surface area contributed by atoms with Crippen LogP contribution in [0.2, 0.25) is 5.15 Å². The summed E-state index contributed by atoms with van der Waals surface area (Å²) < 4.78 is 5.84. The molecular weight excluding hydrogens is 410 g/mol. The number of pyridine rings is 1. The Morgan fingerprint density at radius 1 is 1.21 bits per heavy atom. The molecule has 3 aromatic rings. The van der Waals surface area contributed by atoms with Gasteiger partial charge in [-0.2, -0.15) is 4.98 Å². The van der Waals surface area contributed by atoms with Crippen LogP contribution in [0.3, 0.4) is 0 Å². The number of unbranched alkanes of at least 4 members (excludes halogenated alkanes) is 3. The van der Waals surface area contributed by atoms with Crippen LogP contribution in [0.1, 0.15) is 39.0 Å². The summed E-state index contributed by atoms with van der Waals surface area (Å²) in [7, 11) is 0. The first-order valence-electron chi connectivity index (χ1n) is 9.52. The number of fused-ring (bicyclic) bond motifs is 1. The molecular formula is C21H22ClN3O3S. The second-order valence-electron chi connectivity index (χ2n) is 6.57. The molecule has 1 N–H and O–H groups in total. The van der Waals surface area contributed by atoms with E-state index < -0.39 is 11.2 Å². The molecule has 0 aliphatic rings. The van der Waals surface area contributed by atoms with E-state index in [9.17, 15) is 9.90 Å². The monoisotopic (exact) mass is 431 g/mol. The van der Waals surface area contributed by atoms with E-state index in [1.54, 1.807) is 12.3 Å². The molecule has 8 heteroatoms. The number of ether oxygens (including phenoxy) is 1. The lowest BCUT2D eigenvalue weighted by Gasteiger charge is -2.12. The topological polar surface area (TPSA) is 85.2 Å². The van der Waals surface area contributed by atoms with Crippen molar-refractivity contribution < 1.29 is 14.6 Å². The highest BCUT2D eigenvalue weighted by Gasteiger charge is 2.21. The number of benzene rings is 1. The maximum atomic E-state index is 11.6. The molecule has 0 radical (unpaired) electrons. The Kier molecular flexibility index (Phi) is 7.66. The van der Waals surface area contributed by atoms with Crippen molar-refractivity contribution in [3.63, 3.8) is 0 Å². The van der Waals surface area contributed by atoms with Crippen molar-refractivity contribution in [2.75, 3.05) is 0 Å². The van der Waals surface area contributed by atoms with Gasteiger partial charge in [0.25, 0.3) is 0 Å². The third kappa shape index (κ3) is 6.30. The third-order valence-corrected chi connectivity index (χ3v) is 5.60. The van der Waals surface area contributed by atoms with Gasteiger partial charge >= 0.3 is 5.97 Å². The molecule has 0 saturated carbocycles. The number of hydrogen-bond acceptors (Lipinski definition) is 6. The van der Waals surface area contributed by atoms with Crippen LogP contribution in [0.25, 0.3) is 10.9 Å².